The van der Waals surface area contributed by atoms with Crippen molar-refractivity contribution in [3.63, 3.8) is 0 Å². The summed E-state index contributed by atoms with van der Waals surface area (Å²) in [5.41, 5.74) is 0.292. The standard InChI is InChI=1S/C16H24O4/c1-18-13-9-12(10-14(11-13)19-2)15(17)16(20-3)7-5-4-6-8-16/h9-11,15,17H,4-8H2,1-3H3. The molecule has 1 fully saturated rings. The average Bonchev–Trinajstić information content (AvgIpc) is 2.54. The van der Waals surface area contributed by atoms with Crippen LogP contribution in [0.4, 0.5) is 0 Å². The van der Waals surface area contributed by atoms with Crippen LogP contribution in [-0.4, -0.2) is 32.0 Å². The third-order valence-electron chi connectivity index (χ3n) is 4.29. The van der Waals surface area contributed by atoms with Crippen molar-refractivity contribution in [3.8, 4) is 11.5 Å². The summed E-state index contributed by atoms with van der Waals surface area (Å²) in [7, 11) is 4.90. The molecule has 1 aliphatic rings. The molecule has 2 rings (SSSR count). The van der Waals surface area contributed by atoms with Crippen molar-refractivity contribution in [3.05, 3.63) is 23.8 Å². The quantitative estimate of drug-likeness (QED) is 0.900. The van der Waals surface area contributed by atoms with E-state index in [-0.39, 0.29) is 0 Å². The average molecular weight is 280 g/mol. The summed E-state index contributed by atoms with van der Waals surface area (Å²) >= 11 is 0. The van der Waals surface area contributed by atoms with Crippen molar-refractivity contribution < 1.29 is 19.3 Å². The Labute approximate surface area is 120 Å². The first-order valence-corrected chi connectivity index (χ1v) is 7.11. The van der Waals surface area contributed by atoms with Gasteiger partial charge in [-0.05, 0) is 30.5 Å². The van der Waals surface area contributed by atoms with Gasteiger partial charge in [0.05, 0.1) is 19.8 Å². The van der Waals surface area contributed by atoms with E-state index in [2.05, 4.69) is 0 Å². The first-order valence-electron chi connectivity index (χ1n) is 7.11. The molecule has 1 saturated carbocycles. The predicted molar refractivity (Wildman–Crippen MR) is 77.3 cm³/mol. The van der Waals surface area contributed by atoms with Gasteiger partial charge in [-0.2, -0.15) is 0 Å². The first kappa shape index (κ1) is 15.1. The van der Waals surface area contributed by atoms with Crippen LogP contribution in [0.1, 0.15) is 43.8 Å². The van der Waals surface area contributed by atoms with Gasteiger partial charge in [0.1, 0.15) is 17.6 Å². The van der Waals surface area contributed by atoms with E-state index in [1.807, 2.05) is 12.1 Å². The molecule has 0 spiro atoms. The Hall–Kier alpha value is -1.26. The molecule has 20 heavy (non-hydrogen) atoms. The molecule has 0 amide bonds. The first-order chi connectivity index (χ1) is 9.65. The van der Waals surface area contributed by atoms with Crippen LogP contribution in [0.15, 0.2) is 18.2 Å². The Kier molecular flexibility index (Phi) is 4.89. The minimum absolute atomic E-state index is 0.490. The zero-order valence-corrected chi connectivity index (χ0v) is 12.5. The summed E-state index contributed by atoms with van der Waals surface area (Å²) in [6.07, 6.45) is 4.47. The van der Waals surface area contributed by atoms with E-state index in [0.717, 1.165) is 31.2 Å². The van der Waals surface area contributed by atoms with Gasteiger partial charge in [0.25, 0.3) is 0 Å². The van der Waals surface area contributed by atoms with E-state index in [0.29, 0.717) is 11.5 Å². The maximum atomic E-state index is 10.8. The number of aliphatic hydroxyl groups excluding tert-OH is 1. The van der Waals surface area contributed by atoms with E-state index in [1.165, 1.54) is 6.42 Å². The molecule has 4 heteroatoms. The zero-order valence-electron chi connectivity index (χ0n) is 12.5. The lowest BCUT2D eigenvalue weighted by Crippen LogP contribution is -2.40. The zero-order chi connectivity index (χ0) is 14.6. The van der Waals surface area contributed by atoms with E-state index in [1.54, 1.807) is 27.4 Å². The minimum Gasteiger partial charge on any atom is -0.497 e. The normalized spacial score (nSPS) is 19.4. The van der Waals surface area contributed by atoms with Gasteiger partial charge in [-0.15, -0.1) is 0 Å². The summed E-state index contributed by atoms with van der Waals surface area (Å²) in [4.78, 5) is 0. The third-order valence-corrected chi connectivity index (χ3v) is 4.29. The van der Waals surface area contributed by atoms with Gasteiger partial charge in [0, 0.05) is 13.2 Å². The van der Waals surface area contributed by atoms with Crippen molar-refractivity contribution in [2.75, 3.05) is 21.3 Å². The molecule has 0 saturated heterocycles. The molecule has 1 aliphatic carbocycles. The van der Waals surface area contributed by atoms with Crippen molar-refractivity contribution in [1.29, 1.82) is 0 Å². The molecule has 0 bridgehead atoms. The minimum atomic E-state index is -0.670. The second-order valence-electron chi connectivity index (χ2n) is 5.38. The highest BCUT2D eigenvalue weighted by Crippen LogP contribution is 2.42. The molecule has 1 unspecified atom stereocenters. The smallest absolute Gasteiger partial charge is 0.122 e. The largest absolute Gasteiger partial charge is 0.497 e. The van der Waals surface area contributed by atoms with Gasteiger partial charge in [-0.1, -0.05) is 19.3 Å². The molecular weight excluding hydrogens is 256 g/mol. The van der Waals surface area contributed by atoms with Crippen LogP contribution in [0.25, 0.3) is 0 Å². The Morgan fingerprint density at radius 3 is 1.95 bits per heavy atom. The Morgan fingerprint density at radius 2 is 1.50 bits per heavy atom. The molecule has 1 N–H and O–H groups in total. The van der Waals surface area contributed by atoms with Gasteiger partial charge in [0.15, 0.2) is 0 Å². The molecule has 1 aromatic rings. The molecule has 0 aliphatic heterocycles. The van der Waals surface area contributed by atoms with E-state index in [9.17, 15) is 5.11 Å². The van der Waals surface area contributed by atoms with Crippen molar-refractivity contribution >= 4 is 0 Å². The fraction of sp³-hybridized carbons (Fsp3) is 0.625. The summed E-state index contributed by atoms with van der Waals surface area (Å²) in [5, 5.41) is 10.8. The van der Waals surface area contributed by atoms with E-state index in [4.69, 9.17) is 14.2 Å². The second kappa shape index (κ2) is 6.46. The van der Waals surface area contributed by atoms with Crippen LogP contribution >= 0.6 is 0 Å². The molecule has 1 atom stereocenters. The molecule has 0 heterocycles. The van der Waals surface area contributed by atoms with Crippen LogP contribution < -0.4 is 9.47 Å². The van der Waals surface area contributed by atoms with Crippen LogP contribution in [0.3, 0.4) is 0 Å². The number of ether oxygens (including phenoxy) is 3. The summed E-state index contributed by atoms with van der Waals surface area (Å²) in [6.45, 7) is 0. The highest BCUT2D eigenvalue weighted by molar-refractivity contribution is 5.40. The van der Waals surface area contributed by atoms with Crippen LogP contribution in [0, 0.1) is 0 Å². The van der Waals surface area contributed by atoms with Crippen LogP contribution in [-0.2, 0) is 4.74 Å². The molecule has 0 aromatic heterocycles. The fourth-order valence-electron chi connectivity index (χ4n) is 3.03. The topological polar surface area (TPSA) is 47.9 Å². The van der Waals surface area contributed by atoms with Crippen LogP contribution in [0.5, 0.6) is 11.5 Å². The number of rotatable bonds is 5. The maximum absolute atomic E-state index is 10.8. The Bertz CT molecular complexity index is 416. The monoisotopic (exact) mass is 280 g/mol. The number of methoxy groups -OCH3 is 3. The molecule has 4 nitrogen and oxygen atoms in total. The van der Waals surface area contributed by atoms with Gasteiger partial charge < -0.3 is 19.3 Å². The highest BCUT2D eigenvalue weighted by Gasteiger charge is 2.40. The lowest BCUT2D eigenvalue weighted by atomic mass is 9.78. The molecular formula is C16H24O4. The molecule has 1 aromatic carbocycles. The van der Waals surface area contributed by atoms with Gasteiger partial charge in [-0.3, -0.25) is 0 Å². The number of aliphatic hydroxyl groups is 1. The van der Waals surface area contributed by atoms with Crippen LogP contribution in [0.2, 0.25) is 0 Å². The van der Waals surface area contributed by atoms with Gasteiger partial charge in [0.2, 0.25) is 0 Å². The van der Waals surface area contributed by atoms with Gasteiger partial charge >= 0.3 is 0 Å². The Balaban J connectivity index is 2.33. The van der Waals surface area contributed by atoms with Crippen molar-refractivity contribution in [1.82, 2.24) is 0 Å². The fourth-order valence-corrected chi connectivity index (χ4v) is 3.03. The lowest BCUT2D eigenvalue weighted by molar-refractivity contribution is -0.125. The number of hydrogen-bond acceptors (Lipinski definition) is 4. The molecule has 0 radical (unpaired) electrons. The SMILES string of the molecule is COc1cc(OC)cc(C(O)C2(OC)CCCCC2)c1. The predicted octanol–water partition coefficient (Wildman–Crippen LogP) is 3.09. The second-order valence-corrected chi connectivity index (χ2v) is 5.38. The summed E-state index contributed by atoms with van der Waals surface area (Å²) in [5.74, 6) is 1.36. The highest BCUT2D eigenvalue weighted by atomic mass is 16.5. The summed E-state index contributed by atoms with van der Waals surface area (Å²) in [6, 6.07) is 5.50. The van der Waals surface area contributed by atoms with Crippen molar-refractivity contribution in [2.45, 2.75) is 43.8 Å². The molecule has 112 valence electrons. The summed E-state index contributed by atoms with van der Waals surface area (Å²) < 4.78 is 16.2. The lowest BCUT2D eigenvalue weighted by Gasteiger charge is -2.40. The Morgan fingerprint density at radius 1 is 0.950 bits per heavy atom. The maximum Gasteiger partial charge on any atom is 0.122 e. The third kappa shape index (κ3) is 2.91. The van der Waals surface area contributed by atoms with E-state index >= 15 is 0 Å². The number of hydrogen-bond donors (Lipinski definition) is 1. The van der Waals surface area contributed by atoms with E-state index < -0.39 is 11.7 Å². The van der Waals surface area contributed by atoms with Gasteiger partial charge in [-0.25, -0.2) is 0 Å². The van der Waals surface area contributed by atoms with Crippen molar-refractivity contribution in [2.24, 2.45) is 0 Å². The number of benzene rings is 1.